The van der Waals surface area contributed by atoms with E-state index < -0.39 is 0 Å². The van der Waals surface area contributed by atoms with Crippen LogP contribution in [-0.4, -0.2) is 16.6 Å². The van der Waals surface area contributed by atoms with E-state index in [0.717, 1.165) is 31.9 Å². The molecule has 0 N–H and O–H groups in total. The molecule has 0 unspecified atom stereocenters. The van der Waals surface area contributed by atoms with E-state index in [1.54, 1.807) is 34.4 Å². The highest BCUT2D eigenvalue weighted by Gasteiger charge is 2.08. The molecule has 4 aromatic rings. The maximum atomic E-state index is 5.55. The van der Waals surface area contributed by atoms with E-state index in [2.05, 4.69) is 34.2 Å². The van der Waals surface area contributed by atoms with Gasteiger partial charge in [-0.2, -0.15) is 0 Å². The first-order valence-corrected chi connectivity index (χ1v) is 9.94. The number of rotatable bonds is 5. The Hall–Kier alpha value is -1.63. The topological polar surface area (TPSA) is 35.0 Å². The van der Waals surface area contributed by atoms with Gasteiger partial charge in [0.15, 0.2) is 4.34 Å². The Labute approximate surface area is 146 Å². The molecule has 2 heterocycles. The van der Waals surface area contributed by atoms with Gasteiger partial charge in [-0.15, -0.1) is 22.7 Å². The number of fused-ring (bicyclic) bond motifs is 2. The van der Waals surface area contributed by atoms with Gasteiger partial charge in [-0.3, -0.25) is 0 Å². The Morgan fingerprint density at radius 1 is 1.00 bits per heavy atom. The van der Waals surface area contributed by atoms with E-state index in [9.17, 15) is 0 Å². The third-order valence-corrected chi connectivity index (χ3v) is 6.70. The van der Waals surface area contributed by atoms with Crippen molar-refractivity contribution in [1.29, 1.82) is 0 Å². The lowest BCUT2D eigenvalue weighted by atomic mass is 10.3. The first-order valence-electron chi connectivity index (χ1n) is 7.32. The zero-order valence-corrected chi connectivity index (χ0v) is 14.9. The van der Waals surface area contributed by atoms with Gasteiger partial charge in [-0.25, -0.2) is 9.97 Å². The summed E-state index contributed by atoms with van der Waals surface area (Å²) >= 11 is 5.22. The zero-order chi connectivity index (χ0) is 15.6. The number of hydrogen-bond donors (Lipinski definition) is 0. The molecule has 2 aromatic carbocycles. The number of hydrogen-bond acceptors (Lipinski definition) is 6. The molecule has 0 amide bonds. The van der Waals surface area contributed by atoms with Crippen LogP contribution in [0.2, 0.25) is 0 Å². The molecule has 0 aliphatic heterocycles. The average Bonchev–Trinajstić information content (AvgIpc) is 3.15. The quantitative estimate of drug-likeness (QED) is 0.435. The van der Waals surface area contributed by atoms with Gasteiger partial charge >= 0.3 is 0 Å². The van der Waals surface area contributed by atoms with E-state index in [1.807, 2.05) is 25.1 Å². The Morgan fingerprint density at radius 2 is 1.87 bits per heavy atom. The molecule has 0 aliphatic rings. The minimum atomic E-state index is 0.684. The van der Waals surface area contributed by atoms with Gasteiger partial charge in [0.1, 0.15) is 10.8 Å². The second-order valence-corrected chi connectivity index (χ2v) is 8.27. The number of thioether (sulfide) groups is 1. The Morgan fingerprint density at radius 3 is 2.74 bits per heavy atom. The molecule has 2 aromatic heterocycles. The highest BCUT2D eigenvalue weighted by Crippen LogP contribution is 2.34. The van der Waals surface area contributed by atoms with Crippen LogP contribution in [-0.2, 0) is 5.75 Å². The van der Waals surface area contributed by atoms with Gasteiger partial charge in [0, 0.05) is 0 Å². The largest absolute Gasteiger partial charge is 0.494 e. The van der Waals surface area contributed by atoms with Crippen molar-refractivity contribution < 1.29 is 4.74 Å². The molecule has 6 heteroatoms. The van der Waals surface area contributed by atoms with Crippen LogP contribution in [0.4, 0.5) is 0 Å². The summed E-state index contributed by atoms with van der Waals surface area (Å²) in [6, 6.07) is 14.3. The first-order chi connectivity index (χ1) is 11.3. The number of ether oxygens (including phenoxy) is 1. The summed E-state index contributed by atoms with van der Waals surface area (Å²) in [6.07, 6.45) is 0. The minimum absolute atomic E-state index is 0.684. The molecule has 0 fully saturated rings. The van der Waals surface area contributed by atoms with Crippen LogP contribution in [0.3, 0.4) is 0 Å². The summed E-state index contributed by atoms with van der Waals surface area (Å²) in [7, 11) is 0. The Bertz CT molecular complexity index is 928. The molecule has 23 heavy (non-hydrogen) atoms. The van der Waals surface area contributed by atoms with Crippen molar-refractivity contribution in [3.05, 3.63) is 47.5 Å². The Kier molecular flexibility index (Phi) is 4.20. The van der Waals surface area contributed by atoms with Crippen molar-refractivity contribution in [3.8, 4) is 5.75 Å². The molecule has 0 bridgehead atoms. The summed E-state index contributed by atoms with van der Waals surface area (Å²) in [4.78, 5) is 9.36. The fourth-order valence-electron chi connectivity index (χ4n) is 2.31. The number of nitrogens with zero attached hydrogens (tertiary/aromatic N) is 2. The average molecular weight is 359 g/mol. The predicted octanol–water partition coefficient (Wildman–Crippen LogP) is 5.60. The molecule has 0 saturated heterocycles. The molecule has 4 rings (SSSR count). The normalized spacial score (nSPS) is 11.3. The van der Waals surface area contributed by atoms with E-state index in [4.69, 9.17) is 4.74 Å². The SMILES string of the molecule is CCOc1ccc2nc(SCc3nc4ccccc4s3)sc2c1. The van der Waals surface area contributed by atoms with Crippen molar-refractivity contribution in [2.24, 2.45) is 0 Å². The van der Waals surface area contributed by atoms with Crippen molar-refractivity contribution in [2.45, 2.75) is 17.0 Å². The minimum Gasteiger partial charge on any atom is -0.494 e. The maximum absolute atomic E-state index is 5.55. The molecule has 0 saturated carbocycles. The zero-order valence-electron chi connectivity index (χ0n) is 12.5. The first kappa shape index (κ1) is 14.9. The smallest absolute Gasteiger partial charge is 0.151 e. The number of para-hydroxylation sites is 1. The lowest BCUT2D eigenvalue weighted by Crippen LogP contribution is -1.89. The molecular weight excluding hydrogens is 344 g/mol. The highest BCUT2D eigenvalue weighted by atomic mass is 32.2. The van der Waals surface area contributed by atoms with E-state index in [1.165, 1.54) is 9.40 Å². The third kappa shape index (κ3) is 3.20. The Balaban J connectivity index is 1.52. The predicted molar refractivity (Wildman–Crippen MR) is 100.0 cm³/mol. The second-order valence-electron chi connectivity index (χ2n) is 4.91. The molecule has 0 radical (unpaired) electrons. The van der Waals surface area contributed by atoms with Crippen LogP contribution in [0.1, 0.15) is 11.9 Å². The summed E-state index contributed by atoms with van der Waals surface area (Å²) < 4.78 is 9.04. The van der Waals surface area contributed by atoms with E-state index in [0.29, 0.717) is 6.61 Å². The lowest BCUT2D eigenvalue weighted by Gasteiger charge is -2.00. The molecule has 0 aliphatic carbocycles. The van der Waals surface area contributed by atoms with Crippen LogP contribution >= 0.6 is 34.4 Å². The number of aromatic nitrogens is 2. The van der Waals surface area contributed by atoms with Crippen LogP contribution < -0.4 is 4.74 Å². The van der Waals surface area contributed by atoms with Gasteiger partial charge in [0.25, 0.3) is 0 Å². The van der Waals surface area contributed by atoms with Gasteiger partial charge < -0.3 is 4.74 Å². The molecule has 3 nitrogen and oxygen atoms in total. The fraction of sp³-hybridized carbons (Fsp3) is 0.176. The van der Waals surface area contributed by atoms with Crippen molar-refractivity contribution >= 4 is 54.9 Å². The van der Waals surface area contributed by atoms with Gasteiger partial charge in [-0.05, 0) is 37.3 Å². The summed E-state index contributed by atoms with van der Waals surface area (Å²) in [5.74, 6) is 1.77. The van der Waals surface area contributed by atoms with E-state index in [-0.39, 0.29) is 0 Å². The van der Waals surface area contributed by atoms with Crippen LogP contribution in [0.15, 0.2) is 46.8 Å². The van der Waals surface area contributed by atoms with E-state index >= 15 is 0 Å². The van der Waals surface area contributed by atoms with Gasteiger partial charge in [-0.1, -0.05) is 23.9 Å². The van der Waals surface area contributed by atoms with Crippen LogP contribution in [0.25, 0.3) is 20.4 Å². The van der Waals surface area contributed by atoms with Gasteiger partial charge in [0.2, 0.25) is 0 Å². The summed E-state index contributed by atoms with van der Waals surface area (Å²) in [5, 5.41) is 1.14. The summed E-state index contributed by atoms with van der Waals surface area (Å²) in [5.41, 5.74) is 2.11. The van der Waals surface area contributed by atoms with Crippen molar-refractivity contribution in [3.63, 3.8) is 0 Å². The van der Waals surface area contributed by atoms with Gasteiger partial charge in [0.05, 0.1) is 32.8 Å². The number of thiazole rings is 2. The fourth-order valence-corrected chi connectivity index (χ4v) is 5.36. The second kappa shape index (κ2) is 6.47. The van der Waals surface area contributed by atoms with Crippen LogP contribution in [0, 0.1) is 0 Å². The van der Waals surface area contributed by atoms with Crippen molar-refractivity contribution in [2.75, 3.05) is 6.61 Å². The monoisotopic (exact) mass is 358 g/mol. The molecule has 116 valence electrons. The highest BCUT2D eigenvalue weighted by molar-refractivity contribution is 8.00. The maximum Gasteiger partial charge on any atom is 0.151 e. The lowest BCUT2D eigenvalue weighted by molar-refractivity contribution is 0.341. The number of benzene rings is 2. The van der Waals surface area contributed by atoms with Crippen molar-refractivity contribution in [1.82, 2.24) is 9.97 Å². The van der Waals surface area contributed by atoms with Crippen LogP contribution in [0.5, 0.6) is 5.75 Å². The molecule has 0 atom stereocenters. The molecule has 0 spiro atoms. The third-order valence-electron chi connectivity index (χ3n) is 3.31. The summed E-state index contributed by atoms with van der Waals surface area (Å²) in [6.45, 7) is 2.68. The molecular formula is C17H14N2OS3. The standard InChI is InChI=1S/C17H14N2OS3/c1-2-20-11-7-8-13-15(9-11)23-17(19-13)21-10-16-18-12-5-3-4-6-14(12)22-16/h3-9H,2,10H2,1H3.